The monoisotopic (exact) mass is 301 g/mol. The van der Waals surface area contributed by atoms with Gasteiger partial charge in [0, 0.05) is 38.4 Å². The van der Waals surface area contributed by atoms with Crippen LogP contribution in [0.2, 0.25) is 0 Å². The van der Waals surface area contributed by atoms with Crippen molar-refractivity contribution in [1.29, 1.82) is 0 Å². The van der Waals surface area contributed by atoms with Crippen molar-refractivity contribution in [3.8, 4) is 0 Å². The van der Waals surface area contributed by atoms with Gasteiger partial charge in [0.1, 0.15) is 0 Å². The van der Waals surface area contributed by atoms with Crippen LogP contribution in [0.3, 0.4) is 0 Å². The number of anilines is 1. The third-order valence-electron chi connectivity index (χ3n) is 5.34. The number of amides is 1. The van der Waals surface area contributed by atoms with Crippen LogP contribution < -0.4 is 10.6 Å². The summed E-state index contributed by atoms with van der Waals surface area (Å²) >= 11 is 0. The van der Waals surface area contributed by atoms with Crippen LogP contribution in [-0.4, -0.2) is 43.5 Å². The molecule has 4 heteroatoms. The Balaban J connectivity index is 1.63. The molecule has 0 radical (unpaired) electrons. The van der Waals surface area contributed by atoms with E-state index in [-0.39, 0.29) is 5.41 Å². The second-order valence-corrected chi connectivity index (χ2v) is 6.81. The number of piperazine rings is 1. The van der Waals surface area contributed by atoms with Crippen molar-refractivity contribution < 1.29 is 4.79 Å². The van der Waals surface area contributed by atoms with E-state index in [1.54, 1.807) is 0 Å². The molecule has 2 fully saturated rings. The lowest BCUT2D eigenvalue weighted by atomic mass is 9.84. The van der Waals surface area contributed by atoms with Crippen LogP contribution in [0.15, 0.2) is 24.3 Å². The fourth-order valence-corrected chi connectivity index (χ4v) is 3.88. The highest BCUT2D eigenvalue weighted by Gasteiger charge is 2.42. The van der Waals surface area contributed by atoms with Gasteiger partial charge in [-0.1, -0.05) is 25.0 Å². The SMILES string of the molecule is Cc1cccc(N2CCN(C(=O)C3(CN)CCCC3)CC2)c1. The molecule has 3 rings (SSSR count). The van der Waals surface area contributed by atoms with E-state index in [4.69, 9.17) is 5.73 Å². The molecule has 0 unspecified atom stereocenters. The highest BCUT2D eigenvalue weighted by molar-refractivity contribution is 5.83. The Hall–Kier alpha value is -1.55. The van der Waals surface area contributed by atoms with Gasteiger partial charge >= 0.3 is 0 Å². The van der Waals surface area contributed by atoms with Crippen LogP contribution >= 0.6 is 0 Å². The van der Waals surface area contributed by atoms with Crippen LogP contribution in [0.4, 0.5) is 5.69 Å². The summed E-state index contributed by atoms with van der Waals surface area (Å²) in [5.41, 5.74) is 8.24. The predicted octanol–water partition coefficient (Wildman–Crippen LogP) is 2.16. The van der Waals surface area contributed by atoms with Gasteiger partial charge in [0.15, 0.2) is 0 Å². The topological polar surface area (TPSA) is 49.6 Å². The lowest BCUT2D eigenvalue weighted by Gasteiger charge is -2.40. The maximum absolute atomic E-state index is 12.9. The zero-order valence-electron chi connectivity index (χ0n) is 13.6. The van der Waals surface area contributed by atoms with E-state index in [1.165, 1.54) is 11.3 Å². The smallest absolute Gasteiger partial charge is 0.230 e. The number of hydrogen-bond acceptors (Lipinski definition) is 3. The van der Waals surface area contributed by atoms with Crippen LogP contribution in [0.1, 0.15) is 31.2 Å². The van der Waals surface area contributed by atoms with E-state index in [1.807, 2.05) is 4.90 Å². The summed E-state index contributed by atoms with van der Waals surface area (Å²) in [5, 5.41) is 0. The molecule has 4 nitrogen and oxygen atoms in total. The summed E-state index contributed by atoms with van der Waals surface area (Å²) in [6, 6.07) is 8.59. The predicted molar refractivity (Wildman–Crippen MR) is 89.9 cm³/mol. The fourth-order valence-electron chi connectivity index (χ4n) is 3.88. The van der Waals surface area contributed by atoms with Crippen molar-refractivity contribution in [3.63, 3.8) is 0 Å². The quantitative estimate of drug-likeness (QED) is 0.931. The van der Waals surface area contributed by atoms with Crippen molar-refractivity contribution in [2.24, 2.45) is 11.1 Å². The Morgan fingerprint density at radius 3 is 2.45 bits per heavy atom. The molecule has 1 amide bonds. The van der Waals surface area contributed by atoms with Crippen LogP contribution in [0.25, 0.3) is 0 Å². The van der Waals surface area contributed by atoms with E-state index in [0.29, 0.717) is 12.5 Å². The zero-order chi connectivity index (χ0) is 15.6. The molecule has 1 aliphatic heterocycles. The molecule has 0 atom stereocenters. The average Bonchev–Trinajstić information content (AvgIpc) is 3.04. The van der Waals surface area contributed by atoms with E-state index in [9.17, 15) is 4.79 Å². The lowest BCUT2D eigenvalue weighted by Crippen LogP contribution is -2.54. The average molecular weight is 301 g/mol. The molecule has 1 heterocycles. The molecule has 1 saturated carbocycles. The molecular formula is C18H27N3O. The molecule has 0 bridgehead atoms. The number of hydrogen-bond donors (Lipinski definition) is 1. The largest absolute Gasteiger partial charge is 0.368 e. The van der Waals surface area contributed by atoms with Gasteiger partial charge in [-0.05, 0) is 37.5 Å². The molecule has 2 aliphatic rings. The van der Waals surface area contributed by atoms with Crippen molar-refractivity contribution in [2.45, 2.75) is 32.6 Å². The molecule has 120 valence electrons. The second-order valence-electron chi connectivity index (χ2n) is 6.81. The molecule has 2 N–H and O–H groups in total. The number of carbonyl (C=O) groups excluding carboxylic acids is 1. The first-order valence-corrected chi connectivity index (χ1v) is 8.46. The van der Waals surface area contributed by atoms with Gasteiger partial charge < -0.3 is 15.5 Å². The normalized spacial score (nSPS) is 21.2. The highest BCUT2D eigenvalue weighted by atomic mass is 16.2. The van der Waals surface area contributed by atoms with Crippen molar-refractivity contribution in [3.05, 3.63) is 29.8 Å². The van der Waals surface area contributed by atoms with Gasteiger partial charge in [-0.25, -0.2) is 0 Å². The molecule has 22 heavy (non-hydrogen) atoms. The van der Waals surface area contributed by atoms with Gasteiger partial charge in [-0.15, -0.1) is 0 Å². The van der Waals surface area contributed by atoms with Crippen molar-refractivity contribution >= 4 is 11.6 Å². The Morgan fingerprint density at radius 2 is 1.86 bits per heavy atom. The van der Waals surface area contributed by atoms with Gasteiger partial charge in [-0.2, -0.15) is 0 Å². The first kappa shape index (κ1) is 15.3. The summed E-state index contributed by atoms with van der Waals surface area (Å²) in [7, 11) is 0. The maximum atomic E-state index is 12.9. The number of aryl methyl sites for hydroxylation is 1. The van der Waals surface area contributed by atoms with Crippen molar-refractivity contribution in [2.75, 3.05) is 37.6 Å². The lowest BCUT2D eigenvalue weighted by molar-refractivity contribution is -0.141. The molecule has 1 aromatic rings. The van der Waals surface area contributed by atoms with Gasteiger partial charge in [0.25, 0.3) is 0 Å². The molecule has 0 aromatic heterocycles. The zero-order valence-corrected chi connectivity index (χ0v) is 13.6. The number of carbonyl (C=O) groups is 1. The number of nitrogens with two attached hydrogens (primary N) is 1. The third-order valence-corrected chi connectivity index (χ3v) is 5.34. The Bertz CT molecular complexity index is 529. The van der Waals surface area contributed by atoms with E-state index in [2.05, 4.69) is 36.1 Å². The minimum atomic E-state index is -0.258. The number of benzene rings is 1. The summed E-state index contributed by atoms with van der Waals surface area (Å²) in [4.78, 5) is 17.3. The minimum absolute atomic E-state index is 0.258. The Kier molecular flexibility index (Phi) is 4.39. The van der Waals surface area contributed by atoms with Crippen LogP contribution in [0, 0.1) is 12.3 Å². The van der Waals surface area contributed by atoms with Crippen LogP contribution in [0.5, 0.6) is 0 Å². The molecule has 1 aliphatic carbocycles. The fraction of sp³-hybridized carbons (Fsp3) is 0.611. The summed E-state index contributed by atoms with van der Waals surface area (Å²) in [5.74, 6) is 0.302. The van der Waals surface area contributed by atoms with Gasteiger partial charge in [-0.3, -0.25) is 4.79 Å². The summed E-state index contributed by atoms with van der Waals surface area (Å²) in [6.45, 7) is 6.08. The highest BCUT2D eigenvalue weighted by Crippen LogP contribution is 2.39. The minimum Gasteiger partial charge on any atom is -0.368 e. The second kappa shape index (κ2) is 6.29. The standard InChI is InChI=1S/C18H27N3O/c1-15-5-4-6-16(13-15)20-9-11-21(12-10-20)17(22)18(14-19)7-2-3-8-18/h4-6,13H,2-3,7-12,14,19H2,1H3. The molecular weight excluding hydrogens is 274 g/mol. The molecule has 1 aromatic carbocycles. The van der Waals surface area contributed by atoms with E-state index in [0.717, 1.165) is 51.9 Å². The Labute approximate surface area is 133 Å². The molecule has 1 saturated heterocycles. The third kappa shape index (κ3) is 2.84. The van der Waals surface area contributed by atoms with E-state index < -0.39 is 0 Å². The summed E-state index contributed by atoms with van der Waals surface area (Å²) in [6.07, 6.45) is 4.24. The van der Waals surface area contributed by atoms with E-state index >= 15 is 0 Å². The van der Waals surface area contributed by atoms with Crippen LogP contribution in [-0.2, 0) is 4.79 Å². The van der Waals surface area contributed by atoms with Gasteiger partial charge in [0.2, 0.25) is 5.91 Å². The molecule has 0 spiro atoms. The Morgan fingerprint density at radius 1 is 1.18 bits per heavy atom. The first-order chi connectivity index (χ1) is 10.6. The first-order valence-electron chi connectivity index (χ1n) is 8.46. The van der Waals surface area contributed by atoms with Crippen molar-refractivity contribution in [1.82, 2.24) is 4.90 Å². The number of nitrogens with zero attached hydrogens (tertiary/aromatic N) is 2. The van der Waals surface area contributed by atoms with Gasteiger partial charge in [0.05, 0.1) is 5.41 Å². The number of rotatable bonds is 3. The summed E-state index contributed by atoms with van der Waals surface area (Å²) < 4.78 is 0. The maximum Gasteiger partial charge on any atom is 0.230 e.